The van der Waals surface area contributed by atoms with Crippen molar-refractivity contribution in [1.29, 1.82) is 0 Å². The summed E-state index contributed by atoms with van der Waals surface area (Å²) < 4.78 is 1.64. The van der Waals surface area contributed by atoms with Crippen molar-refractivity contribution in [3.63, 3.8) is 0 Å². The van der Waals surface area contributed by atoms with Gasteiger partial charge in [0.25, 0.3) is 0 Å². The second-order valence-corrected chi connectivity index (χ2v) is 5.17. The summed E-state index contributed by atoms with van der Waals surface area (Å²) in [7, 11) is 1.83. The lowest BCUT2D eigenvalue weighted by Gasteiger charge is -1.96. The van der Waals surface area contributed by atoms with Gasteiger partial charge in [0.05, 0.1) is 0 Å². The Hall–Kier alpha value is -1.29. The summed E-state index contributed by atoms with van der Waals surface area (Å²) in [6.45, 7) is 10.6. The Balaban J connectivity index is 0.000000289. The van der Waals surface area contributed by atoms with E-state index in [1.54, 1.807) is 23.4 Å². The van der Waals surface area contributed by atoms with Crippen molar-refractivity contribution < 1.29 is 4.68 Å². The molecule has 0 unspecified atom stereocenters. The maximum Gasteiger partial charge on any atom is 0.306 e. The van der Waals surface area contributed by atoms with Crippen molar-refractivity contribution in [3.8, 4) is 0 Å². The molecule has 2 aromatic rings. The fraction of sp³-hybridized carbons (Fsp3) is 0.500. The number of hydrogen-bond donors (Lipinski definition) is 0. The minimum absolute atomic E-state index is 0.698. The molecule has 0 aliphatic carbocycles. The van der Waals surface area contributed by atoms with Crippen molar-refractivity contribution >= 4 is 11.3 Å². The normalized spacial score (nSPS) is 9.06. The topological polar surface area (TPSA) is 29.7 Å². The molecule has 0 radical (unpaired) electrons. The minimum atomic E-state index is 0.698. The first-order valence-electron chi connectivity index (χ1n) is 6.28. The average Bonchev–Trinajstić information content (AvgIpc) is 2.80. The first-order chi connectivity index (χ1) is 8.59. The molecule has 2 heterocycles. The Morgan fingerprint density at radius 3 is 2.06 bits per heavy atom. The van der Waals surface area contributed by atoms with Crippen molar-refractivity contribution in [2.24, 2.45) is 7.05 Å². The third-order valence-corrected chi connectivity index (χ3v) is 3.27. The third kappa shape index (κ3) is 7.12. The zero-order chi connectivity index (χ0) is 14.0. The van der Waals surface area contributed by atoms with Gasteiger partial charge >= 0.3 is 6.33 Å². The molecule has 0 spiro atoms. The zero-order valence-corrected chi connectivity index (χ0v) is 13.0. The number of aromatic nitrogens is 3. The van der Waals surface area contributed by atoms with Crippen LogP contribution in [-0.2, 0) is 7.05 Å². The zero-order valence-electron chi connectivity index (χ0n) is 12.2. The van der Waals surface area contributed by atoms with Crippen molar-refractivity contribution in [2.45, 2.75) is 40.5 Å². The van der Waals surface area contributed by atoms with E-state index in [-0.39, 0.29) is 0 Å². The standard InChI is InChI=1S/C8H12S.C4H6N3.C2H6/c1-6(2)8-5-4-7(3)9-8;1-7-4-5-2-3-6-7;1-2/h4-6H,1-3H3;2-4H,1H3;1-2H3/q;+1;. The predicted molar refractivity (Wildman–Crippen MR) is 77.7 cm³/mol. The third-order valence-electron chi connectivity index (χ3n) is 1.97. The number of thiophene rings is 1. The van der Waals surface area contributed by atoms with Gasteiger partial charge in [0.15, 0.2) is 6.20 Å². The fourth-order valence-electron chi connectivity index (χ4n) is 1.10. The van der Waals surface area contributed by atoms with E-state index in [0.29, 0.717) is 5.92 Å². The molecule has 0 amide bonds. The molecule has 4 heteroatoms. The summed E-state index contributed by atoms with van der Waals surface area (Å²) in [4.78, 5) is 6.69. The Morgan fingerprint density at radius 2 is 1.83 bits per heavy atom. The maximum absolute atomic E-state index is 3.83. The van der Waals surface area contributed by atoms with Gasteiger partial charge in [-0.05, 0) is 25.0 Å². The molecule has 100 valence electrons. The van der Waals surface area contributed by atoms with E-state index in [2.05, 4.69) is 43.0 Å². The molecule has 0 fully saturated rings. The van der Waals surface area contributed by atoms with Gasteiger partial charge in [0.2, 0.25) is 0 Å². The first kappa shape index (κ1) is 16.7. The van der Waals surface area contributed by atoms with E-state index in [1.165, 1.54) is 9.75 Å². The van der Waals surface area contributed by atoms with E-state index >= 15 is 0 Å². The molecule has 2 aromatic heterocycles. The average molecular weight is 266 g/mol. The Labute approximate surface area is 115 Å². The second-order valence-electron chi connectivity index (χ2n) is 3.85. The monoisotopic (exact) mass is 266 g/mol. The summed E-state index contributed by atoms with van der Waals surface area (Å²) in [6, 6.07) is 4.39. The molecule has 0 aliphatic heterocycles. The molecular formula is C14H24N3S+. The first-order valence-corrected chi connectivity index (χ1v) is 7.09. The van der Waals surface area contributed by atoms with Gasteiger partial charge < -0.3 is 0 Å². The highest BCUT2D eigenvalue weighted by molar-refractivity contribution is 7.12. The lowest BCUT2D eigenvalue weighted by atomic mass is 10.2. The lowest BCUT2D eigenvalue weighted by Crippen LogP contribution is -2.31. The number of hydrogen-bond acceptors (Lipinski definition) is 3. The highest BCUT2D eigenvalue weighted by atomic mass is 32.1. The van der Waals surface area contributed by atoms with E-state index in [0.717, 1.165) is 0 Å². The van der Waals surface area contributed by atoms with Crippen molar-refractivity contribution in [2.75, 3.05) is 0 Å². The van der Waals surface area contributed by atoms with Crippen LogP contribution in [0.3, 0.4) is 0 Å². The molecule has 0 aromatic carbocycles. The van der Waals surface area contributed by atoms with E-state index in [4.69, 9.17) is 0 Å². The van der Waals surface area contributed by atoms with Gasteiger partial charge in [-0.1, -0.05) is 37.8 Å². The molecule has 0 aliphatic rings. The fourth-order valence-corrected chi connectivity index (χ4v) is 1.98. The summed E-state index contributed by atoms with van der Waals surface area (Å²) in [6.07, 6.45) is 4.92. The Kier molecular flexibility index (Phi) is 9.01. The molecule has 0 saturated heterocycles. The van der Waals surface area contributed by atoms with Crippen LogP contribution in [0.4, 0.5) is 0 Å². The van der Waals surface area contributed by atoms with Crippen molar-refractivity contribution in [1.82, 2.24) is 10.1 Å². The van der Waals surface area contributed by atoms with Crippen LogP contribution in [0.5, 0.6) is 0 Å². The summed E-state index contributed by atoms with van der Waals surface area (Å²) in [5.74, 6) is 0.698. The SMILES string of the molecule is CC.C[n+]1cnccn1.Cc1ccc(C(C)C)s1. The molecule has 18 heavy (non-hydrogen) atoms. The van der Waals surface area contributed by atoms with Crippen LogP contribution in [0.15, 0.2) is 30.9 Å². The van der Waals surface area contributed by atoms with Gasteiger partial charge in [-0.25, -0.2) is 0 Å². The number of nitrogens with zero attached hydrogens (tertiary/aromatic N) is 3. The van der Waals surface area contributed by atoms with Crippen LogP contribution in [0, 0.1) is 6.92 Å². The van der Waals surface area contributed by atoms with Gasteiger partial charge in [-0.2, -0.15) is 0 Å². The summed E-state index contributed by atoms with van der Waals surface area (Å²) in [5.41, 5.74) is 0. The number of aryl methyl sites for hydroxylation is 2. The van der Waals surface area contributed by atoms with Crippen LogP contribution in [0.1, 0.15) is 43.4 Å². The summed E-state index contributed by atoms with van der Waals surface area (Å²) in [5, 5.41) is 3.83. The summed E-state index contributed by atoms with van der Waals surface area (Å²) >= 11 is 1.90. The Morgan fingerprint density at radius 1 is 1.17 bits per heavy atom. The van der Waals surface area contributed by atoms with Crippen LogP contribution >= 0.6 is 11.3 Å². The molecule has 0 saturated carbocycles. The quantitative estimate of drug-likeness (QED) is 0.739. The molecule has 2 rings (SSSR count). The molecule has 3 nitrogen and oxygen atoms in total. The van der Waals surface area contributed by atoms with Crippen LogP contribution in [0.2, 0.25) is 0 Å². The highest BCUT2D eigenvalue weighted by Crippen LogP contribution is 2.22. The van der Waals surface area contributed by atoms with E-state index in [1.807, 2.05) is 32.2 Å². The van der Waals surface area contributed by atoms with Gasteiger partial charge in [0, 0.05) is 9.75 Å². The van der Waals surface area contributed by atoms with Crippen LogP contribution in [-0.4, -0.2) is 10.1 Å². The molecule has 0 atom stereocenters. The highest BCUT2D eigenvalue weighted by Gasteiger charge is 1.99. The van der Waals surface area contributed by atoms with Crippen molar-refractivity contribution in [3.05, 3.63) is 40.6 Å². The predicted octanol–water partition coefficient (Wildman–Crippen LogP) is 3.51. The van der Waals surface area contributed by atoms with Gasteiger partial charge in [-0.3, -0.25) is 0 Å². The van der Waals surface area contributed by atoms with E-state index in [9.17, 15) is 0 Å². The molecule has 0 bridgehead atoms. The number of rotatable bonds is 1. The largest absolute Gasteiger partial charge is 0.306 e. The smallest absolute Gasteiger partial charge is 0.145 e. The van der Waals surface area contributed by atoms with E-state index < -0.39 is 0 Å². The van der Waals surface area contributed by atoms with Crippen LogP contribution < -0.4 is 4.68 Å². The van der Waals surface area contributed by atoms with Crippen LogP contribution in [0.25, 0.3) is 0 Å². The minimum Gasteiger partial charge on any atom is -0.145 e. The maximum atomic E-state index is 3.83. The Bertz CT molecular complexity index is 410. The second kappa shape index (κ2) is 9.71. The van der Waals surface area contributed by atoms with Gasteiger partial charge in [-0.15, -0.1) is 16.0 Å². The molecule has 0 N–H and O–H groups in total. The lowest BCUT2D eigenvalue weighted by molar-refractivity contribution is -0.733. The van der Waals surface area contributed by atoms with Gasteiger partial charge in [0.1, 0.15) is 13.2 Å². The molecular weight excluding hydrogens is 242 g/mol.